The van der Waals surface area contributed by atoms with Crippen LogP contribution < -0.4 is 0 Å². The minimum Gasteiger partial charge on any atom is -0.507 e. The standard InChI is InChI=1S/C17H16O6/c1-16(9-18)13(21)7-11(19)14-12(20)8-17(22,23-15(14)16)10-5-3-2-4-6-10/h2-7,9,13,19,21-22H,8H2,1H3. The number of carbonyl (C=O) groups excluding carboxylic acids is 2. The van der Waals surface area contributed by atoms with Crippen molar-refractivity contribution in [3.05, 3.63) is 59.1 Å². The zero-order valence-corrected chi connectivity index (χ0v) is 12.4. The third kappa shape index (κ3) is 2.18. The molecule has 0 fully saturated rings. The summed E-state index contributed by atoms with van der Waals surface area (Å²) in [5, 5.41) is 30.8. The van der Waals surface area contributed by atoms with Gasteiger partial charge < -0.3 is 24.9 Å². The van der Waals surface area contributed by atoms with Gasteiger partial charge in [0, 0.05) is 5.56 Å². The Morgan fingerprint density at radius 2 is 1.96 bits per heavy atom. The maximum atomic E-state index is 12.4. The third-order valence-electron chi connectivity index (χ3n) is 4.32. The van der Waals surface area contributed by atoms with Gasteiger partial charge in [-0.05, 0) is 13.0 Å². The Labute approximate surface area is 132 Å². The first-order chi connectivity index (χ1) is 10.8. The zero-order valence-electron chi connectivity index (χ0n) is 12.4. The first-order valence-corrected chi connectivity index (χ1v) is 7.12. The van der Waals surface area contributed by atoms with Gasteiger partial charge in [0.05, 0.1) is 18.1 Å². The number of benzene rings is 1. The summed E-state index contributed by atoms with van der Waals surface area (Å²) in [6.07, 6.45) is -0.301. The Morgan fingerprint density at radius 3 is 2.57 bits per heavy atom. The van der Waals surface area contributed by atoms with Crippen LogP contribution in [0.2, 0.25) is 0 Å². The van der Waals surface area contributed by atoms with Crippen molar-refractivity contribution in [1.29, 1.82) is 0 Å². The van der Waals surface area contributed by atoms with E-state index in [0.717, 1.165) is 6.08 Å². The summed E-state index contributed by atoms with van der Waals surface area (Å²) >= 11 is 0. The molecule has 1 aliphatic heterocycles. The number of aldehydes is 1. The topological polar surface area (TPSA) is 104 Å². The maximum absolute atomic E-state index is 12.4. The van der Waals surface area contributed by atoms with Crippen molar-refractivity contribution in [1.82, 2.24) is 0 Å². The van der Waals surface area contributed by atoms with Crippen LogP contribution in [-0.2, 0) is 20.1 Å². The largest absolute Gasteiger partial charge is 0.507 e. The number of aliphatic hydroxyl groups excluding tert-OH is 2. The summed E-state index contributed by atoms with van der Waals surface area (Å²) in [6, 6.07) is 8.28. The Bertz CT molecular complexity index is 735. The minimum atomic E-state index is -1.96. The van der Waals surface area contributed by atoms with Gasteiger partial charge in [-0.25, -0.2) is 0 Å². The lowest BCUT2D eigenvalue weighted by atomic mass is 9.74. The molecule has 3 unspecified atom stereocenters. The normalized spacial score (nSPS) is 33.6. The van der Waals surface area contributed by atoms with Crippen LogP contribution in [0.25, 0.3) is 0 Å². The molecule has 0 spiro atoms. The fourth-order valence-corrected chi connectivity index (χ4v) is 2.85. The molecule has 0 amide bonds. The molecule has 3 rings (SSSR count). The molecule has 1 heterocycles. The van der Waals surface area contributed by atoms with Gasteiger partial charge >= 0.3 is 0 Å². The van der Waals surface area contributed by atoms with Crippen molar-refractivity contribution >= 4 is 12.1 Å². The number of rotatable bonds is 2. The summed E-state index contributed by atoms with van der Waals surface area (Å²) in [6.45, 7) is 1.38. The number of hydrogen-bond donors (Lipinski definition) is 3. The number of Topliss-reactive ketones (excluding diaryl/α,β-unsaturated/α-hetero) is 1. The number of carbonyl (C=O) groups is 2. The fourth-order valence-electron chi connectivity index (χ4n) is 2.85. The highest BCUT2D eigenvalue weighted by molar-refractivity contribution is 6.02. The van der Waals surface area contributed by atoms with E-state index >= 15 is 0 Å². The molecule has 1 aromatic rings. The molecule has 3 atom stereocenters. The first-order valence-electron chi connectivity index (χ1n) is 7.12. The molecular formula is C17H16O6. The van der Waals surface area contributed by atoms with Crippen LogP contribution in [0, 0.1) is 5.41 Å². The average molecular weight is 316 g/mol. The van der Waals surface area contributed by atoms with Crippen LogP contribution in [0.1, 0.15) is 18.9 Å². The maximum Gasteiger partial charge on any atom is 0.241 e. The Hall–Kier alpha value is -2.44. The second-order valence-corrected chi connectivity index (χ2v) is 5.95. The Kier molecular flexibility index (Phi) is 3.39. The van der Waals surface area contributed by atoms with Gasteiger partial charge in [-0.3, -0.25) is 4.79 Å². The first kappa shape index (κ1) is 15.5. The van der Waals surface area contributed by atoms with Crippen molar-refractivity contribution in [2.24, 2.45) is 5.41 Å². The fraction of sp³-hybridized carbons (Fsp3) is 0.294. The lowest BCUT2D eigenvalue weighted by Gasteiger charge is -2.42. The highest BCUT2D eigenvalue weighted by atomic mass is 16.6. The highest BCUT2D eigenvalue weighted by Gasteiger charge is 2.52. The summed E-state index contributed by atoms with van der Waals surface area (Å²) in [7, 11) is 0. The molecule has 6 heteroatoms. The van der Waals surface area contributed by atoms with Crippen LogP contribution in [0.5, 0.6) is 0 Å². The number of hydrogen-bond acceptors (Lipinski definition) is 6. The van der Waals surface area contributed by atoms with Crippen LogP contribution in [0.3, 0.4) is 0 Å². The van der Waals surface area contributed by atoms with Gasteiger partial charge in [0.2, 0.25) is 5.79 Å². The molecule has 2 aliphatic rings. The number of aliphatic hydroxyl groups is 3. The molecule has 120 valence electrons. The van der Waals surface area contributed by atoms with Crippen molar-refractivity contribution in [3.63, 3.8) is 0 Å². The van der Waals surface area contributed by atoms with Gasteiger partial charge in [-0.15, -0.1) is 0 Å². The van der Waals surface area contributed by atoms with Gasteiger partial charge in [0.25, 0.3) is 0 Å². The monoisotopic (exact) mass is 316 g/mol. The van der Waals surface area contributed by atoms with Crippen LogP contribution in [-0.4, -0.2) is 33.5 Å². The molecule has 23 heavy (non-hydrogen) atoms. The molecule has 0 radical (unpaired) electrons. The highest BCUT2D eigenvalue weighted by Crippen LogP contribution is 2.47. The van der Waals surface area contributed by atoms with Gasteiger partial charge in [-0.2, -0.15) is 0 Å². The zero-order chi connectivity index (χ0) is 16.8. The number of ketones is 1. The van der Waals surface area contributed by atoms with E-state index in [1.165, 1.54) is 6.92 Å². The molecule has 0 saturated carbocycles. The minimum absolute atomic E-state index is 0.175. The van der Waals surface area contributed by atoms with E-state index in [2.05, 4.69) is 0 Å². The van der Waals surface area contributed by atoms with Gasteiger partial charge in [0.15, 0.2) is 5.78 Å². The second-order valence-electron chi connectivity index (χ2n) is 5.95. The lowest BCUT2D eigenvalue weighted by Crippen LogP contribution is -2.47. The van der Waals surface area contributed by atoms with E-state index in [1.807, 2.05) is 0 Å². The van der Waals surface area contributed by atoms with E-state index in [0.29, 0.717) is 11.8 Å². The van der Waals surface area contributed by atoms with Crippen LogP contribution in [0.15, 0.2) is 53.5 Å². The smallest absolute Gasteiger partial charge is 0.241 e. The van der Waals surface area contributed by atoms with E-state index in [1.54, 1.807) is 30.3 Å². The molecular weight excluding hydrogens is 300 g/mol. The molecule has 0 aromatic heterocycles. The molecule has 0 bridgehead atoms. The average Bonchev–Trinajstić information content (AvgIpc) is 2.53. The van der Waals surface area contributed by atoms with Gasteiger partial charge in [-0.1, -0.05) is 30.3 Å². The van der Waals surface area contributed by atoms with Crippen molar-refractivity contribution in [3.8, 4) is 0 Å². The van der Waals surface area contributed by atoms with E-state index in [4.69, 9.17) is 4.74 Å². The van der Waals surface area contributed by atoms with E-state index in [9.17, 15) is 24.9 Å². The molecule has 6 nitrogen and oxygen atoms in total. The van der Waals surface area contributed by atoms with Crippen molar-refractivity contribution < 1.29 is 29.6 Å². The van der Waals surface area contributed by atoms with E-state index < -0.39 is 35.3 Å². The van der Waals surface area contributed by atoms with Gasteiger partial charge in [0.1, 0.15) is 23.2 Å². The Morgan fingerprint density at radius 1 is 1.30 bits per heavy atom. The molecule has 3 N–H and O–H groups in total. The quantitative estimate of drug-likeness (QED) is 0.706. The molecule has 0 saturated heterocycles. The lowest BCUT2D eigenvalue weighted by molar-refractivity contribution is -0.211. The van der Waals surface area contributed by atoms with Crippen LogP contribution in [0.4, 0.5) is 0 Å². The van der Waals surface area contributed by atoms with E-state index in [-0.39, 0.29) is 11.3 Å². The summed E-state index contributed by atoms with van der Waals surface area (Å²) < 4.78 is 5.60. The summed E-state index contributed by atoms with van der Waals surface area (Å²) in [5.74, 6) is -3.19. The second kappa shape index (κ2) is 5.04. The predicted molar refractivity (Wildman–Crippen MR) is 79.0 cm³/mol. The molecule has 1 aromatic carbocycles. The van der Waals surface area contributed by atoms with Crippen LogP contribution >= 0.6 is 0 Å². The Balaban J connectivity index is 2.16. The summed E-state index contributed by atoms with van der Waals surface area (Å²) in [4.78, 5) is 24.0. The van der Waals surface area contributed by atoms with Crippen molar-refractivity contribution in [2.45, 2.75) is 25.2 Å². The summed E-state index contributed by atoms with van der Waals surface area (Å²) in [5.41, 5.74) is -1.40. The number of ether oxygens (including phenoxy) is 1. The molecule has 1 aliphatic carbocycles. The SMILES string of the molecule is CC1(C=O)C2=C(C(=O)CC(O)(c3ccccc3)O2)C(O)=CC1O. The third-order valence-corrected chi connectivity index (χ3v) is 4.32. The number of allylic oxidation sites excluding steroid dienone is 1. The predicted octanol–water partition coefficient (Wildman–Crippen LogP) is 1.10. The van der Waals surface area contributed by atoms with Crippen molar-refractivity contribution in [2.75, 3.05) is 0 Å².